The van der Waals surface area contributed by atoms with Crippen molar-refractivity contribution in [3.8, 4) is 29.6 Å². The molecule has 0 aromatic heterocycles. The lowest BCUT2D eigenvalue weighted by molar-refractivity contribution is 0.200. The third-order valence-corrected chi connectivity index (χ3v) is 2.40. The third kappa shape index (κ3) is 4.23. The van der Waals surface area contributed by atoms with Crippen molar-refractivity contribution >= 4 is 6.08 Å². The fourth-order valence-electron chi connectivity index (χ4n) is 1.57. The van der Waals surface area contributed by atoms with Gasteiger partial charge in [0, 0.05) is 0 Å². The fourth-order valence-corrected chi connectivity index (χ4v) is 1.57. The Kier molecular flexibility index (Phi) is 6.34. The molecule has 0 aliphatic rings. The van der Waals surface area contributed by atoms with Gasteiger partial charge in [-0.05, 0) is 17.7 Å². The minimum atomic E-state index is 0.305. The van der Waals surface area contributed by atoms with Gasteiger partial charge in [-0.15, -0.1) is 6.42 Å². The lowest BCUT2D eigenvalue weighted by Gasteiger charge is -2.12. The molecule has 0 saturated carbocycles. The van der Waals surface area contributed by atoms with Gasteiger partial charge in [0.1, 0.15) is 6.61 Å². The average molecular weight is 262 g/mol. The summed E-state index contributed by atoms with van der Waals surface area (Å²) in [6.45, 7) is 0.764. The summed E-state index contributed by atoms with van der Waals surface area (Å²) in [6, 6.07) is 3.72. The van der Waals surface area contributed by atoms with Gasteiger partial charge in [-0.3, -0.25) is 0 Å². The molecule has 0 amide bonds. The molecule has 1 aromatic rings. The summed E-state index contributed by atoms with van der Waals surface area (Å²) in [6.07, 6.45) is 8.86. The summed E-state index contributed by atoms with van der Waals surface area (Å²) in [5.74, 6) is 4.21. The molecule has 0 saturated heterocycles. The molecule has 0 bridgehead atoms. The van der Waals surface area contributed by atoms with Crippen LogP contribution in [0.3, 0.4) is 0 Å². The predicted molar refractivity (Wildman–Crippen MR) is 74.8 cm³/mol. The van der Waals surface area contributed by atoms with Crippen LogP contribution in [0.5, 0.6) is 17.2 Å². The number of terminal acetylenes is 1. The Morgan fingerprint density at radius 2 is 1.74 bits per heavy atom. The Morgan fingerprint density at radius 1 is 1.11 bits per heavy atom. The van der Waals surface area contributed by atoms with E-state index in [0.29, 0.717) is 30.5 Å². The molecule has 0 radical (unpaired) electrons. The summed E-state index contributed by atoms with van der Waals surface area (Å²) >= 11 is 0. The molecule has 0 unspecified atom stereocenters. The van der Waals surface area contributed by atoms with Crippen LogP contribution in [0.1, 0.15) is 5.56 Å². The van der Waals surface area contributed by atoms with Gasteiger partial charge in [0.25, 0.3) is 0 Å². The van der Waals surface area contributed by atoms with E-state index in [2.05, 4.69) is 5.92 Å². The molecule has 4 heteroatoms. The molecule has 0 heterocycles. The summed E-state index contributed by atoms with van der Waals surface area (Å²) < 4.78 is 20.9. The zero-order chi connectivity index (χ0) is 14.1. The van der Waals surface area contributed by atoms with Crippen molar-refractivity contribution in [2.45, 2.75) is 0 Å². The Labute approximate surface area is 113 Å². The van der Waals surface area contributed by atoms with Crippen LogP contribution in [-0.4, -0.2) is 34.5 Å². The van der Waals surface area contributed by atoms with Gasteiger partial charge in [-0.25, -0.2) is 0 Å². The summed E-state index contributed by atoms with van der Waals surface area (Å²) in [5, 5.41) is 0. The minimum absolute atomic E-state index is 0.305. The topological polar surface area (TPSA) is 36.9 Å². The molecule has 102 valence electrons. The van der Waals surface area contributed by atoms with Crippen LogP contribution in [0, 0.1) is 12.3 Å². The first-order valence-electron chi connectivity index (χ1n) is 5.74. The predicted octanol–water partition coefficient (Wildman–Crippen LogP) is 2.38. The molecule has 0 aliphatic carbocycles. The summed E-state index contributed by atoms with van der Waals surface area (Å²) in [4.78, 5) is 0. The number of rotatable bonds is 7. The highest BCUT2D eigenvalue weighted by Crippen LogP contribution is 2.38. The number of hydrogen-bond acceptors (Lipinski definition) is 4. The van der Waals surface area contributed by atoms with E-state index in [1.807, 2.05) is 24.3 Å². The van der Waals surface area contributed by atoms with Gasteiger partial charge < -0.3 is 18.9 Å². The summed E-state index contributed by atoms with van der Waals surface area (Å²) in [7, 11) is 4.74. The molecule has 1 aromatic carbocycles. The third-order valence-electron chi connectivity index (χ3n) is 2.40. The first-order chi connectivity index (χ1) is 9.26. The monoisotopic (exact) mass is 262 g/mol. The van der Waals surface area contributed by atoms with Gasteiger partial charge in [-0.2, -0.15) is 0 Å². The highest BCUT2D eigenvalue weighted by molar-refractivity contribution is 5.62. The molecule has 0 aliphatic heterocycles. The lowest BCUT2D eigenvalue weighted by atomic mass is 10.1. The smallest absolute Gasteiger partial charge is 0.203 e. The number of hydrogen-bond donors (Lipinski definition) is 0. The van der Waals surface area contributed by atoms with Gasteiger partial charge in [0.05, 0.1) is 27.9 Å². The van der Waals surface area contributed by atoms with Crippen molar-refractivity contribution in [2.75, 3.05) is 34.5 Å². The van der Waals surface area contributed by atoms with Gasteiger partial charge in [0.2, 0.25) is 5.75 Å². The molecular weight excluding hydrogens is 244 g/mol. The number of benzene rings is 1. The van der Waals surface area contributed by atoms with E-state index in [-0.39, 0.29) is 0 Å². The van der Waals surface area contributed by atoms with Gasteiger partial charge >= 0.3 is 0 Å². The molecule has 0 N–H and O–H groups in total. The van der Waals surface area contributed by atoms with E-state index in [1.54, 1.807) is 21.3 Å². The second-order valence-corrected chi connectivity index (χ2v) is 3.58. The quantitative estimate of drug-likeness (QED) is 0.558. The average Bonchev–Trinajstić information content (AvgIpc) is 2.45. The maximum atomic E-state index is 5.27. The Balaban J connectivity index is 2.88. The second-order valence-electron chi connectivity index (χ2n) is 3.58. The van der Waals surface area contributed by atoms with E-state index in [9.17, 15) is 0 Å². The maximum Gasteiger partial charge on any atom is 0.203 e. The summed E-state index contributed by atoms with van der Waals surface area (Å²) in [5.41, 5.74) is 0.929. The zero-order valence-corrected chi connectivity index (χ0v) is 11.4. The molecule has 0 spiro atoms. The molecule has 4 nitrogen and oxygen atoms in total. The van der Waals surface area contributed by atoms with Crippen molar-refractivity contribution in [3.05, 3.63) is 23.8 Å². The van der Waals surface area contributed by atoms with E-state index in [1.165, 1.54) is 0 Å². The normalized spacial score (nSPS) is 10.2. The van der Waals surface area contributed by atoms with Crippen LogP contribution in [0.25, 0.3) is 6.08 Å². The number of ether oxygens (including phenoxy) is 4. The Morgan fingerprint density at radius 3 is 2.21 bits per heavy atom. The van der Waals surface area contributed by atoms with Crippen LogP contribution in [0.4, 0.5) is 0 Å². The first-order valence-corrected chi connectivity index (χ1v) is 5.74. The molecular formula is C15H18O4. The molecule has 19 heavy (non-hydrogen) atoms. The van der Waals surface area contributed by atoms with E-state index < -0.39 is 0 Å². The highest BCUT2D eigenvalue weighted by Gasteiger charge is 2.11. The largest absolute Gasteiger partial charge is 0.493 e. The number of methoxy groups -OCH3 is 3. The van der Waals surface area contributed by atoms with Crippen molar-refractivity contribution in [2.24, 2.45) is 0 Å². The van der Waals surface area contributed by atoms with Gasteiger partial charge in [-0.1, -0.05) is 18.1 Å². The second kappa shape index (κ2) is 8.06. The minimum Gasteiger partial charge on any atom is -0.493 e. The van der Waals surface area contributed by atoms with Crippen LogP contribution in [0.2, 0.25) is 0 Å². The molecule has 0 fully saturated rings. The van der Waals surface area contributed by atoms with Crippen LogP contribution < -0.4 is 14.2 Å². The van der Waals surface area contributed by atoms with Gasteiger partial charge in [0.15, 0.2) is 11.5 Å². The fraction of sp³-hybridized carbons (Fsp3) is 0.333. The van der Waals surface area contributed by atoms with Crippen LogP contribution in [-0.2, 0) is 4.74 Å². The highest BCUT2D eigenvalue weighted by atomic mass is 16.5. The Hall–Kier alpha value is -2.12. The standard InChI is InChI=1S/C15H18O4/c1-5-8-19-9-6-7-12-10-13(16-2)15(18-4)14(11-12)17-3/h1,6-7,10-11H,8-9H2,2-4H3/b7-6+. The molecule has 0 atom stereocenters. The van der Waals surface area contributed by atoms with E-state index in [4.69, 9.17) is 25.4 Å². The van der Waals surface area contributed by atoms with E-state index >= 15 is 0 Å². The Bertz CT molecular complexity index is 447. The van der Waals surface area contributed by atoms with Crippen molar-refractivity contribution in [3.63, 3.8) is 0 Å². The van der Waals surface area contributed by atoms with Crippen molar-refractivity contribution in [1.29, 1.82) is 0 Å². The first kappa shape index (κ1) is 14.9. The van der Waals surface area contributed by atoms with Crippen LogP contribution >= 0.6 is 0 Å². The SMILES string of the molecule is C#CCOC/C=C/c1cc(OC)c(OC)c(OC)c1. The maximum absolute atomic E-state index is 5.27. The molecule has 1 rings (SSSR count). The van der Waals surface area contributed by atoms with E-state index in [0.717, 1.165) is 5.56 Å². The van der Waals surface area contributed by atoms with Crippen molar-refractivity contribution in [1.82, 2.24) is 0 Å². The zero-order valence-electron chi connectivity index (χ0n) is 11.4. The lowest BCUT2D eigenvalue weighted by Crippen LogP contribution is -1.95. The van der Waals surface area contributed by atoms with Crippen molar-refractivity contribution < 1.29 is 18.9 Å². The van der Waals surface area contributed by atoms with Crippen LogP contribution in [0.15, 0.2) is 18.2 Å².